The average molecular weight is 458 g/mol. The Morgan fingerprint density at radius 2 is 1.88 bits per heavy atom. The number of esters is 1. The number of benzene rings is 1. The van der Waals surface area contributed by atoms with Crippen LogP contribution >= 0.6 is 11.3 Å². The molecule has 0 spiro atoms. The van der Waals surface area contributed by atoms with Crippen molar-refractivity contribution in [2.24, 2.45) is 0 Å². The van der Waals surface area contributed by atoms with E-state index in [0.29, 0.717) is 21.0 Å². The number of nitrogens with one attached hydrogen (secondary N) is 2. The molecule has 1 aliphatic heterocycles. The van der Waals surface area contributed by atoms with Crippen LogP contribution in [0.15, 0.2) is 30.3 Å². The van der Waals surface area contributed by atoms with Gasteiger partial charge in [0, 0.05) is 0 Å². The number of urea groups is 1. The minimum absolute atomic E-state index is 0.254. The molecule has 0 radical (unpaired) electrons. The highest BCUT2D eigenvalue weighted by atomic mass is 32.1. The van der Waals surface area contributed by atoms with Crippen molar-refractivity contribution in [1.29, 1.82) is 0 Å². The van der Waals surface area contributed by atoms with E-state index in [1.165, 1.54) is 0 Å². The van der Waals surface area contributed by atoms with Crippen LogP contribution in [0.2, 0.25) is 0 Å². The summed E-state index contributed by atoms with van der Waals surface area (Å²) in [7, 11) is 0. The monoisotopic (exact) mass is 457 g/mol. The Morgan fingerprint density at radius 1 is 1.19 bits per heavy atom. The van der Waals surface area contributed by atoms with E-state index >= 15 is 0 Å². The van der Waals surface area contributed by atoms with Gasteiger partial charge in [0.1, 0.15) is 17.0 Å². The maximum absolute atomic E-state index is 13.1. The molecule has 1 atom stereocenters. The topological polar surface area (TPSA) is 105 Å². The molecule has 2 aromatic rings. The number of imide groups is 1. The number of nitrogens with zero attached hydrogens (tertiary/aromatic N) is 1. The Morgan fingerprint density at radius 3 is 2.50 bits per heavy atom. The van der Waals surface area contributed by atoms with Crippen LogP contribution in [0.1, 0.15) is 53.6 Å². The van der Waals surface area contributed by atoms with E-state index in [0.717, 1.165) is 34.6 Å². The van der Waals surface area contributed by atoms with Gasteiger partial charge in [0.05, 0.1) is 11.6 Å². The Balaban J connectivity index is 1.69. The van der Waals surface area contributed by atoms with Crippen molar-refractivity contribution in [3.8, 4) is 0 Å². The standard InChI is InChI=1S/C23H27N3O5S/c1-5-7-15-8-10-16(11-9-15)23(4)21(29)26(22(30)25-23)13-17(27)24-18-12-14(3)19(32-18)20(28)31-6-2/h8-12H,5-7,13H2,1-4H3,(H,24,27)(H,25,30). The van der Waals surface area contributed by atoms with Gasteiger partial charge in [-0.2, -0.15) is 0 Å². The summed E-state index contributed by atoms with van der Waals surface area (Å²) in [6, 6.07) is 8.58. The van der Waals surface area contributed by atoms with Crippen LogP contribution in [0.25, 0.3) is 0 Å². The Kier molecular flexibility index (Phi) is 6.98. The molecule has 0 bridgehead atoms. The molecule has 8 nitrogen and oxygen atoms in total. The molecule has 1 saturated heterocycles. The Bertz CT molecular complexity index is 1050. The van der Waals surface area contributed by atoms with E-state index in [4.69, 9.17) is 4.74 Å². The Labute approximate surface area is 190 Å². The summed E-state index contributed by atoms with van der Waals surface area (Å²) in [6.45, 7) is 7.01. The first-order chi connectivity index (χ1) is 15.2. The molecule has 9 heteroatoms. The predicted molar refractivity (Wildman–Crippen MR) is 122 cm³/mol. The van der Waals surface area contributed by atoms with E-state index in [2.05, 4.69) is 17.6 Å². The lowest BCUT2D eigenvalue weighted by Gasteiger charge is -2.22. The number of hydrogen-bond acceptors (Lipinski definition) is 6. The van der Waals surface area contributed by atoms with Crippen molar-refractivity contribution in [3.63, 3.8) is 0 Å². The number of ether oxygens (including phenoxy) is 1. The van der Waals surface area contributed by atoms with Gasteiger partial charge in [0.2, 0.25) is 5.91 Å². The van der Waals surface area contributed by atoms with Crippen molar-refractivity contribution >= 4 is 40.2 Å². The average Bonchev–Trinajstić information content (AvgIpc) is 3.21. The summed E-state index contributed by atoms with van der Waals surface area (Å²) < 4.78 is 5.00. The molecular formula is C23H27N3O5S. The Hall–Kier alpha value is -3.20. The predicted octanol–water partition coefficient (Wildman–Crippen LogP) is 3.59. The number of carbonyl (C=O) groups is 4. The number of amides is 4. The summed E-state index contributed by atoms with van der Waals surface area (Å²) >= 11 is 1.09. The first-order valence-electron chi connectivity index (χ1n) is 10.5. The van der Waals surface area contributed by atoms with Gasteiger partial charge in [-0.05, 0) is 49.9 Å². The zero-order valence-electron chi connectivity index (χ0n) is 18.6. The van der Waals surface area contributed by atoms with Crippen LogP contribution in [0, 0.1) is 6.92 Å². The smallest absolute Gasteiger partial charge is 0.348 e. The van der Waals surface area contributed by atoms with Gasteiger partial charge in [-0.15, -0.1) is 11.3 Å². The normalized spacial score (nSPS) is 17.9. The number of aryl methyl sites for hydroxylation is 2. The van der Waals surface area contributed by atoms with Crippen LogP contribution in [0.3, 0.4) is 0 Å². The van der Waals surface area contributed by atoms with Crippen LogP contribution in [0.5, 0.6) is 0 Å². The van der Waals surface area contributed by atoms with Crippen LogP contribution < -0.4 is 10.6 Å². The van der Waals surface area contributed by atoms with Gasteiger partial charge < -0.3 is 15.4 Å². The first kappa shape index (κ1) is 23.5. The van der Waals surface area contributed by atoms with Crippen molar-refractivity contribution < 1.29 is 23.9 Å². The SMILES string of the molecule is CCCc1ccc(C2(C)NC(=O)N(CC(=O)Nc3cc(C)c(C(=O)OCC)s3)C2=O)cc1. The van der Waals surface area contributed by atoms with Crippen LogP contribution in [-0.4, -0.2) is 41.9 Å². The van der Waals surface area contributed by atoms with E-state index in [1.54, 1.807) is 26.8 Å². The van der Waals surface area contributed by atoms with E-state index in [-0.39, 0.29) is 6.61 Å². The quantitative estimate of drug-likeness (QED) is 0.466. The van der Waals surface area contributed by atoms with Crippen LogP contribution in [0.4, 0.5) is 9.80 Å². The van der Waals surface area contributed by atoms with Crippen molar-refractivity contribution in [3.05, 3.63) is 51.9 Å². The third-order valence-electron chi connectivity index (χ3n) is 5.29. The zero-order valence-corrected chi connectivity index (χ0v) is 19.4. The maximum Gasteiger partial charge on any atom is 0.348 e. The minimum Gasteiger partial charge on any atom is -0.462 e. The molecular weight excluding hydrogens is 430 g/mol. The second-order valence-corrected chi connectivity index (χ2v) is 8.84. The van der Waals surface area contributed by atoms with Gasteiger partial charge in [0.15, 0.2) is 0 Å². The lowest BCUT2D eigenvalue weighted by Crippen LogP contribution is -2.42. The maximum atomic E-state index is 13.1. The molecule has 3 rings (SSSR count). The first-order valence-corrected chi connectivity index (χ1v) is 11.3. The molecule has 4 amide bonds. The van der Waals surface area contributed by atoms with Gasteiger partial charge in [0.25, 0.3) is 5.91 Å². The fraction of sp³-hybridized carbons (Fsp3) is 0.391. The summed E-state index contributed by atoms with van der Waals surface area (Å²) in [5, 5.41) is 5.80. The third kappa shape index (κ3) is 4.67. The highest BCUT2D eigenvalue weighted by Gasteiger charge is 2.49. The minimum atomic E-state index is -1.24. The zero-order chi connectivity index (χ0) is 23.5. The van der Waals surface area contributed by atoms with Gasteiger partial charge in [-0.3, -0.25) is 14.5 Å². The van der Waals surface area contributed by atoms with Gasteiger partial charge in [-0.25, -0.2) is 9.59 Å². The van der Waals surface area contributed by atoms with E-state index < -0.39 is 35.9 Å². The molecule has 170 valence electrons. The summed E-state index contributed by atoms with van der Waals surface area (Å²) in [5.41, 5.74) is 1.25. The fourth-order valence-electron chi connectivity index (χ4n) is 3.59. The van der Waals surface area contributed by atoms with Crippen molar-refractivity contribution in [2.75, 3.05) is 18.5 Å². The number of hydrogen-bond donors (Lipinski definition) is 2. The van der Waals surface area contributed by atoms with E-state index in [9.17, 15) is 19.2 Å². The van der Waals surface area contributed by atoms with Crippen molar-refractivity contribution in [1.82, 2.24) is 10.2 Å². The number of rotatable bonds is 8. The highest BCUT2D eigenvalue weighted by molar-refractivity contribution is 7.18. The van der Waals surface area contributed by atoms with Gasteiger partial charge in [-0.1, -0.05) is 37.6 Å². The third-order valence-corrected chi connectivity index (χ3v) is 6.42. The molecule has 2 heterocycles. The highest BCUT2D eigenvalue weighted by Crippen LogP contribution is 2.30. The second-order valence-electron chi connectivity index (χ2n) is 7.78. The molecule has 1 aromatic heterocycles. The number of carbonyl (C=O) groups excluding carboxylic acids is 4. The van der Waals surface area contributed by atoms with E-state index in [1.807, 2.05) is 24.3 Å². The lowest BCUT2D eigenvalue weighted by molar-refractivity contribution is -0.133. The number of thiophene rings is 1. The molecule has 0 aliphatic carbocycles. The summed E-state index contributed by atoms with van der Waals surface area (Å²) in [4.78, 5) is 51.4. The molecule has 2 N–H and O–H groups in total. The fourth-order valence-corrected chi connectivity index (χ4v) is 4.58. The lowest BCUT2D eigenvalue weighted by atomic mass is 9.91. The molecule has 1 aromatic carbocycles. The second kappa shape index (κ2) is 9.52. The summed E-state index contributed by atoms with van der Waals surface area (Å²) in [6.07, 6.45) is 1.95. The largest absolute Gasteiger partial charge is 0.462 e. The number of anilines is 1. The summed E-state index contributed by atoms with van der Waals surface area (Å²) in [5.74, 6) is -1.48. The van der Waals surface area contributed by atoms with Gasteiger partial charge >= 0.3 is 12.0 Å². The molecule has 1 fully saturated rings. The van der Waals surface area contributed by atoms with Crippen LogP contribution in [-0.2, 0) is 26.3 Å². The molecule has 32 heavy (non-hydrogen) atoms. The molecule has 0 saturated carbocycles. The molecule has 1 aliphatic rings. The molecule has 1 unspecified atom stereocenters. The van der Waals surface area contributed by atoms with Crippen molar-refractivity contribution in [2.45, 2.75) is 46.1 Å².